The second-order valence-corrected chi connectivity index (χ2v) is 7.95. The summed E-state index contributed by atoms with van der Waals surface area (Å²) in [7, 11) is 1.71. The second-order valence-electron chi connectivity index (χ2n) is 7.95. The van der Waals surface area contributed by atoms with Crippen molar-refractivity contribution in [2.45, 2.75) is 72.4 Å². The molecule has 0 saturated heterocycles. The van der Waals surface area contributed by atoms with E-state index in [1.54, 1.807) is 7.11 Å². The van der Waals surface area contributed by atoms with E-state index in [0.29, 0.717) is 13.2 Å². The molecule has 3 N–H and O–H groups in total. The van der Waals surface area contributed by atoms with Gasteiger partial charge in [-0.05, 0) is 45.4 Å². The molecule has 0 bridgehead atoms. The van der Waals surface area contributed by atoms with Crippen LogP contribution in [0, 0.1) is 19.3 Å². The number of hydrogen-bond donors (Lipinski definition) is 3. The third kappa shape index (κ3) is 7.71. The van der Waals surface area contributed by atoms with Crippen molar-refractivity contribution in [1.82, 2.24) is 20.4 Å². The van der Waals surface area contributed by atoms with Crippen LogP contribution in [0.2, 0.25) is 0 Å². The van der Waals surface area contributed by atoms with E-state index < -0.39 is 0 Å². The molecular weight excluding hydrogens is 481 g/mol. The molecule has 0 amide bonds. The van der Waals surface area contributed by atoms with Gasteiger partial charge in [0.05, 0.1) is 25.4 Å². The SMILES string of the molecule is CCNC(=NCc1c(C)nn(CCOC)c1C)NCC1(CCO)CCCCC1.I. The van der Waals surface area contributed by atoms with Crippen LogP contribution in [0.25, 0.3) is 0 Å². The highest BCUT2D eigenvalue weighted by atomic mass is 127. The molecule has 0 unspecified atom stereocenters. The van der Waals surface area contributed by atoms with Crippen molar-refractivity contribution in [1.29, 1.82) is 0 Å². The van der Waals surface area contributed by atoms with Crippen LogP contribution < -0.4 is 10.6 Å². The number of hydrogen-bond acceptors (Lipinski definition) is 4. The summed E-state index contributed by atoms with van der Waals surface area (Å²) in [5.41, 5.74) is 3.55. The largest absolute Gasteiger partial charge is 0.396 e. The highest BCUT2D eigenvalue weighted by Gasteiger charge is 2.31. The summed E-state index contributed by atoms with van der Waals surface area (Å²) in [5, 5.41) is 21.1. The number of rotatable bonds is 10. The quantitative estimate of drug-likeness (QED) is 0.250. The van der Waals surface area contributed by atoms with Gasteiger partial charge in [0.15, 0.2) is 5.96 Å². The van der Waals surface area contributed by atoms with Gasteiger partial charge in [0.25, 0.3) is 0 Å². The molecule has 1 aliphatic rings. The van der Waals surface area contributed by atoms with E-state index in [1.165, 1.54) is 37.7 Å². The Labute approximate surface area is 193 Å². The van der Waals surface area contributed by atoms with Gasteiger partial charge < -0.3 is 20.5 Å². The summed E-state index contributed by atoms with van der Waals surface area (Å²) >= 11 is 0. The predicted molar refractivity (Wildman–Crippen MR) is 129 cm³/mol. The molecule has 1 aliphatic carbocycles. The van der Waals surface area contributed by atoms with Gasteiger partial charge in [0, 0.05) is 38.1 Å². The zero-order valence-corrected chi connectivity index (χ0v) is 20.9. The Morgan fingerprint density at radius 3 is 2.59 bits per heavy atom. The summed E-state index contributed by atoms with van der Waals surface area (Å²) < 4.78 is 7.17. The lowest BCUT2D eigenvalue weighted by atomic mass is 9.72. The first kappa shape index (κ1) is 26.2. The summed E-state index contributed by atoms with van der Waals surface area (Å²) in [5.74, 6) is 0.842. The minimum absolute atomic E-state index is 0. The number of nitrogens with zero attached hydrogens (tertiary/aromatic N) is 3. The number of halogens is 1. The molecule has 1 fully saturated rings. The molecule has 0 atom stereocenters. The molecule has 0 aliphatic heterocycles. The zero-order chi connectivity index (χ0) is 20.4. The fourth-order valence-corrected chi connectivity index (χ4v) is 4.18. The smallest absolute Gasteiger partial charge is 0.191 e. The van der Waals surface area contributed by atoms with Crippen molar-refractivity contribution in [2.75, 3.05) is 33.4 Å². The fraction of sp³-hybridized carbons (Fsp3) is 0.810. The lowest BCUT2D eigenvalue weighted by Crippen LogP contribution is -2.45. The van der Waals surface area contributed by atoms with Gasteiger partial charge >= 0.3 is 0 Å². The topological polar surface area (TPSA) is 83.7 Å². The van der Waals surface area contributed by atoms with Crippen LogP contribution >= 0.6 is 24.0 Å². The lowest BCUT2D eigenvalue weighted by Gasteiger charge is -2.37. The molecule has 29 heavy (non-hydrogen) atoms. The van der Waals surface area contributed by atoms with Crippen molar-refractivity contribution in [3.8, 4) is 0 Å². The van der Waals surface area contributed by atoms with Crippen LogP contribution in [0.15, 0.2) is 4.99 Å². The van der Waals surface area contributed by atoms with Crippen LogP contribution in [0.3, 0.4) is 0 Å². The van der Waals surface area contributed by atoms with Gasteiger partial charge in [-0.1, -0.05) is 19.3 Å². The van der Waals surface area contributed by atoms with Crippen LogP contribution in [-0.4, -0.2) is 54.3 Å². The van der Waals surface area contributed by atoms with Gasteiger partial charge in [-0.25, -0.2) is 4.99 Å². The van der Waals surface area contributed by atoms with E-state index in [1.807, 2.05) is 11.6 Å². The molecule has 168 valence electrons. The summed E-state index contributed by atoms with van der Waals surface area (Å²) in [6.45, 7) is 10.2. The highest BCUT2D eigenvalue weighted by molar-refractivity contribution is 14.0. The van der Waals surface area contributed by atoms with E-state index >= 15 is 0 Å². The maximum absolute atomic E-state index is 9.54. The molecule has 8 heteroatoms. The molecule has 7 nitrogen and oxygen atoms in total. The van der Waals surface area contributed by atoms with Crippen LogP contribution in [0.5, 0.6) is 0 Å². The van der Waals surface area contributed by atoms with E-state index in [2.05, 4.69) is 29.6 Å². The molecule has 0 aromatic carbocycles. The number of aromatic nitrogens is 2. The third-order valence-corrected chi connectivity index (χ3v) is 5.97. The molecule has 0 radical (unpaired) electrons. The first-order chi connectivity index (χ1) is 13.5. The maximum atomic E-state index is 9.54. The van der Waals surface area contributed by atoms with E-state index in [4.69, 9.17) is 9.73 Å². The molecule has 2 rings (SSSR count). The number of aliphatic imine (C=N–C) groups is 1. The Kier molecular flexibility index (Phi) is 12.1. The maximum Gasteiger partial charge on any atom is 0.191 e. The third-order valence-electron chi connectivity index (χ3n) is 5.97. The Morgan fingerprint density at radius 2 is 1.97 bits per heavy atom. The van der Waals surface area contributed by atoms with Crippen molar-refractivity contribution in [3.05, 3.63) is 17.0 Å². The average Bonchev–Trinajstić information content (AvgIpc) is 2.96. The summed E-state index contributed by atoms with van der Waals surface area (Å²) in [6.07, 6.45) is 7.06. The molecule has 1 heterocycles. The monoisotopic (exact) mass is 521 g/mol. The molecule has 1 aromatic heterocycles. The number of guanidine groups is 1. The highest BCUT2D eigenvalue weighted by Crippen LogP contribution is 2.38. The minimum atomic E-state index is 0. The van der Waals surface area contributed by atoms with E-state index in [-0.39, 0.29) is 36.0 Å². The van der Waals surface area contributed by atoms with Crippen LogP contribution in [0.4, 0.5) is 0 Å². The molecule has 1 aromatic rings. The standard InChI is InChI=1S/C21H39N5O2.HI/c1-5-22-20(24-16-21(11-13-27)9-7-6-8-10-21)23-15-19-17(2)25-26(18(19)3)12-14-28-4;/h27H,5-16H2,1-4H3,(H2,22,23,24);1H. The Balaban J connectivity index is 0.00000420. The fourth-order valence-electron chi connectivity index (χ4n) is 4.18. The number of aliphatic hydroxyl groups excluding tert-OH is 1. The predicted octanol–water partition coefficient (Wildman–Crippen LogP) is 3.15. The number of methoxy groups -OCH3 is 1. The van der Waals surface area contributed by atoms with Crippen molar-refractivity contribution >= 4 is 29.9 Å². The second kappa shape index (κ2) is 13.4. The first-order valence-electron chi connectivity index (χ1n) is 10.7. The summed E-state index contributed by atoms with van der Waals surface area (Å²) in [4.78, 5) is 4.82. The van der Waals surface area contributed by atoms with Crippen molar-refractivity contribution in [3.63, 3.8) is 0 Å². The first-order valence-corrected chi connectivity index (χ1v) is 10.7. The molecule has 1 saturated carbocycles. The molecular formula is C21H40IN5O2. The number of ether oxygens (including phenoxy) is 1. The summed E-state index contributed by atoms with van der Waals surface area (Å²) in [6, 6.07) is 0. The Hall–Kier alpha value is -0.870. The Morgan fingerprint density at radius 1 is 1.24 bits per heavy atom. The van der Waals surface area contributed by atoms with Crippen LogP contribution in [-0.2, 0) is 17.8 Å². The number of aliphatic hydroxyl groups is 1. The average molecular weight is 521 g/mol. The van der Waals surface area contributed by atoms with Crippen LogP contribution in [0.1, 0.15) is 62.4 Å². The van der Waals surface area contributed by atoms with Gasteiger partial charge in [-0.2, -0.15) is 5.10 Å². The van der Waals surface area contributed by atoms with Gasteiger partial charge in [0.1, 0.15) is 0 Å². The number of nitrogens with one attached hydrogen (secondary N) is 2. The Bertz CT molecular complexity index is 621. The van der Waals surface area contributed by atoms with Crippen molar-refractivity contribution in [2.24, 2.45) is 10.4 Å². The lowest BCUT2D eigenvalue weighted by molar-refractivity contribution is 0.131. The normalized spacial score (nSPS) is 16.4. The van der Waals surface area contributed by atoms with E-state index in [0.717, 1.165) is 43.4 Å². The van der Waals surface area contributed by atoms with E-state index in [9.17, 15) is 5.11 Å². The van der Waals surface area contributed by atoms with Crippen molar-refractivity contribution < 1.29 is 9.84 Å². The molecule has 0 spiro atoms. The van der Waals surface area contributed by atoms with Gasteiger partial charge in [-0.3, -0.25) is 4.68 Å². The van der Waals surface area contributed by atoms with Gasteiger partial charge in [-0.15, -0.1) is 24.0 Å². The van der Waals surface area contributed by atoms with Gasteiger partial charge in [0.2, 0.25) is 0 Å². The zero-order valence-electron chi connectivity index (χ0n) is 18.6. The number of aryl methyl sites for hydroxylation is 1. The minimum Gasteiger partial charge on any atom is -0.396 e.